The minimum absolute atomic E-state index is 0.0960. The van der Waals surface area contributed by atoms with Crippen LogP contribution in [0.2, 0.25) is 0 Å². The van der Waals surface area contributed by atoms with E-state index in [9.17, 15) is 19.5 Å². The second kappa shape index (κ2) is 14.4. The number of allylic oxidation sites excluding steroid dienone is 1. The predicted octanol–water partition coefficient (Wildman–Crippen LogP) is 5.20. The third-order valence-electron chi connectivity index (χ3n) is 10.5. The molecule has 2 saturated heterocycles. The molecule has 0 radical (unpaired) electrons. The molecule has 4 heterocycles. The van der Waals surface area contributed by atoms with E-state index in [0.29, 0.717) is 23.0 Å². The van der Waals surface area contributed by atoms with E-state index < -0.39 is 65.4 Å². The van der Waals surface area contributed by atoms with Crippen molar-refractivity contribution in [3.05, 3.63) is 101 Å². The van der Waals surface area contributed by atoms with Gasteiger partial charge in [-0.2, -0.15) is 0 Å². The molecular formula is C40H42BrN3O7. The van der Waals surface area contributed by atoms with Crippen molar-refractivity contribution < 1.29 is 33.8 Å². The number of ether oxygens (including phenoxy) is 2. The van der Waals surface area contributed by atoms with Crippen molar-refractivity contribution in [2.45, 2.75) is 62.9 Å². The number of halogens is 1. The largest absolute Gasteiger partial charge is 0.463 e. The quantitative estimate of drug-likeness (QED) is 0.262. The van der Waals surface area contributed by atoms with Crippen LogP contribution in [0.25, 0.3) is 10.8 Å². The number of likely N-dealkylation sites (tertiary alicyclic amines) is 1. The van der Waals surface area contributed by atoms with Crippen molar-refractivity contribution in [2.24, 2.45) is 17.8 Å². The molecule has 10 nitrogen and oxygen atoms in total. The lowest BCUT2D eigenvalue weighted by molar-refractivity contribution is -0.146. The van der Waals surface area contributed by atoms with E-state index in [0.717, 1.165) is 16.3 Å². The molecular weight excluding hydrogens is 714 g/mol. The molecule has 0 saturated carbocycles. The molecule has 7 rings (SSSR count). The number of benzene rings is 3. The Balaban J connectivity index is 1.37. The Hall–Kier alpha value is -4.32. The summed E-state index contributed by atoms with van der Waals surface area (Å²) in [6.07, 6.45) is 5.59. The third-order valence-corrected chi connectivity index (χ3v) is 11.1. The molecule has 3 amide bonds. The lowest BCUT2D eigenvalue weighted by atomic mass is 9.74. The van der Waals surface area contributed by atoms with Crippen LogP contribution < -0.4 is 10.2 Å². The molecule has 266 valence electrons. The van der Waals surface area contributed by atoms with Crippen LogP contribution in [-0.4, -0.2) is 77.2 Å². The summed E-state index contributed by atoms with van der Waals surface area (Å²) >= 11 is 3.64. The highest BCUT2D eigenvalue weighted by Gasteiger charge is 2.75. The van der Waals surface area contributed by atoms with Gasteiger partial charge >= 0.3 is 5.97 Å². The van der Waals surface area contributed by atoms with Gasteiger partial charge in [0, 0.05) is 23.1 Å². The van der Waals surface area contributed by atoms with Gasteiger partial charge < -0.3 is 29.7 Å². The Morgan fingerprint density at radius 3 is 2.45 bits per heavy atom. The first kappa shape index (κ1) is 35.1. The molecule has 3 aromatic rings. The zero-order valence-corrected chi connectivity index (χ0v) is 30.2. The molecule has 2 N–H and O–H groups in total. The lowest BCUT2D eigenvalue weighted by Gasteiger charge is -2.39. The van der Waals surface area contributed by atoms with Gasteiger partial charge in [-0.3, -0.25) is 19.2 Å². The summed E-state index contributed by atoms with van der Waals surface area (Å²) in [4.78, 5) is 60.6. The highest BCUT2D eigenvalue weighted by atomic mass is 79.9. The van der Waals surface area contributed by atoms with Crippen LogP contribution in [0.5, 0.6) is 0 Å². The number of nitrogens with one attached hydrogen (secondary N) is 1. The smallest absolute Gasteiger partial charge is 0.306 e. The van der Waals surface area contributed by atoms with Crippen LogP contribution >= 0.6 is 15.9 Å². The first-order valence-electron chi connectivity index (χ1n) is 17.6. The number of carbonyl (C=O) groups is 4. The number of nitrogens with zero attached hydrogens (tertiary/aromatic N) is 2. The van der Waals surface area contributed by atoms with Crippen LogP contribution in [0.1, 0.15) is 44.7 Å². The summed E-state index contributed by atoms with van der Waals surface area (Å²) in [5.41, 5.74) is -0.126. The Kier molecular flexibility index (Phi) is 9.88. The van der Waals surface area contributed by atoms with Crippen LogP contribution in [0, 0.1) is 17.8 Å². The van der Waals surface area contributed by atoms with Gasteiger partial charge in [0.1, 0.15) is 24.4 Å². The summed E-state index contributed by atoms with van der Waals surface area (Å²) in [6, 6.07) is 20.3. The van der Waals surface area contributed by atoms with Crippen LogP contribution in [0.4, 0.5) is 5.69 Å². The number of hydrogen-bond donors (Lipinski definition) is 2. The molecule has 3 aromatic carbocycles. The van der Waals surface area contributed by atoms with Gasteiger partial charge in [-0.1, -0.05) is 103 Å². The van der Waals surface area contributed by atoms with Crippen molar-refractivity contribution in [1.82, 2.24) is 10.2 Å². The minimum Gasteiger partial charge on any atom is -0.463 e. The van der Waals surface area contributed by atoms with Gasteiger partial charge in [-0.05, 0) is 53.3 Å². The molecule has 7 atom stereocenters. The fourth-order valence-corrected chi connectivity index (χ4v) is 8.92. The van der Waals surface area contributed by atoms with Crippen molar-refractivity contribution in [3.8, 4) is 0 Å². The predicted molar refractivity (Wildman–Crippen MR) is 196 cm³/mol. The molecule has 0 aliphatic carbocycles. The molecule has 5 bridgehead atoms. The number of aliphatic hydroxyl groups is 1. The minimum atomic E-state index is -1.48. The Morgan fingerprint density at radius 2 is 1.71 bits per heavy atom. The van der Waals surface area contributed by atoms with Crippen molar-refractivity contribution >= 4 is 56.1 Å². The summed E-state index contributed by atoms with van der Waals surface area (Å²) in [6.45, 7) is 3.69. The average Bonchev–Trinajstić information content (AvgIpc) is 3.73. The van der Waals surface area contributed by atoms with E-state index in [-0.39, 0.29) is 32.1 Å². The number of anilines is 1. The Morgan fingerprint density at radius 1 is 0.961 bits per heavy atom. The van der Waals surface area contributed by atoms with Crippen molar-refractivity contribution in [1.29, 1.82) is 0 Å². The maximum atomic E-state index is 15.3. The lowest BCUT2D eigenvalue weighted by Crippen LogP contribution is -2.59. The van der Waals surface area contributed by atoms with E-state index in [1.165, 1.54) is 4.90 Å². The van der Waals surface area contributed by atoms with Gasteiger partial charge in [0.05, 0.1) is 30.5 Å². The van der Waals surface area contributed by atoms with Crippen molar-refractivity contribution in [2.75, 3.05) is 24.7 Å². The van der Waals surface area contributed by atoms with Gasteiger partial charge in [-0.25, -0.2) is 0 Å². The summed E-state index contributed by atoms with van der Waals surface area (Å²) in [5, 5.41) is 15.8. The van der Waals surface area contributed by atoms with Crippen molar-refractivity contribution in [3.63, 3.8) is 0 Å². The average molecular weight is 757 g/mol. The van der Waals surface area contributed by atoms with Gasteiger partial charge in [0.2, 0.25) is 11.8 Å². The number of carbonyl (C=O) groups excluding carboxylic acids is 4. The van der Waals surface area contributed by atoms with E-state index >= 15 is 4.79 Å². The summed E-state index contributed by atoms with van der Waals surface area (Å²) < 4.78 is 13.0. The number of amides is 3. The number of esters is 1. The van der Waals surface area contributed by atoms with E-state index in [2.05, 4.69) is 21.2 Å². The zero-order valence-electron chi connectivity index (χ0n) is 28.6. The van der Waals surface area contributed by atoms with E-state index in [1.807, 2.05) is 98.8 Å². The first-order chi connectivity index (χ1) is 24.6. The Labute approximate surface area is 305 Å². The molecule has 1 spiro atoms. The molecule has 51 heavy (non-hydrogen) atoms. The monoisotopic (exact) mass is 755 g/mol. The second-order valence-corrected chi connectivity index (χ2v) is 15.1. The van der Waals surface area contributed by atoms with E-state index in [1.54, 1.807) is 11.0 Å². The maximum Gasteiger partial charge on any atom is 0.306 e. The number of hydrogen-bond acceptors (Lipinski definition) is 7. The molecule has 0 unspecified atom stereocenters. The van der Waals surface area contributed by atoms with Crippen LogP contribution in [0.3, 0.4) is 0 Å². The standard InChI is InChI=1S/C40H42BrN3O7/c1-24(2)19-29(22-45)44-36-39(49)43(28-17-16-25-11-8-9-14-27(25)20-28)18-10-4-7-15-32(46)50-23-31(26-12-5-3-6-13-26)42-37(47)33-34(38(44)48)40(36)21-30(41)35(33)51-40/h3-6,8-14,16-17,20-21,24,29,31,33-36,45H,7,15,18-19,22-23H2,1-2H3,(H,42,47)/b10-4-/t29-,31-,33-,34+,35-,36-,40+/m1/s1. The molecule has 2 fully saturated rings. The molecule has 4 aliphatic heterocycles. The molecule has 0 aromatic heterocycles. The number of fused-ring (bicyclic) bond motifs is 3. The van der Waals surface area contributed by atoms with Gasteiger partial charge in [-0.15, -0.1) is 0 Å². The SMILES string of the molecule is CC(C)C[C@H](CO)N1C(=O)[C@@H]2[C@H]3C(=O)N[C@@H](c4ccccc4)COC(=O)CC/C=C\CN(c4ccc5ccccc5c4)C(=O)[C@@H]1[C@]21C=C(Br)[C@H]3O1. The fourth-order valence-electron chi connectivity index (χ4n) is 8.19. The molecule has 4 aliphatic rings. The van der Waals surface area contributed by atoms with Crippen LogP contribution in [-0.2, 0) is 28.7 Å². The normalized spacial score (nSPS) is 29.6. The topological polar surface area (TPSA) is 125 Å². The van der Waals surface area contributed by atoms with Crippen LogP contribution in [0.15, 0.2) is 95.5 Å². The second-order valence-electron chi connectivity index (χ2n) is 14.2. The highest BCUT2D eigenvalue weighted by Crippen LogP contribution is 2.59. The summed E-state index contributed by atoms with van der Waals surface area (Å²) in [5.74, 6) is -3.61. The number of cyclic esters (lactones) is 1. The fraction of sp³-hybridized carbons (Fsp3) is 0.400. The maximum absolute atomic E-state index is 15.3. The number of aliphatic hydroxyl groups excluding tert-OH is 1. The first-order valence-corrected chi connectivity index (χ1v) is 18.4. The van der Waals surface area contributed by atoms with Gasteiger partial charge in [0.15, 0.2) is 0 Å². The van der Waals surface area contributed by atoms with E-state index in [4.69, 9.17) is 9.47 Å². The number of rotatable bonds is 6. The van der Waals surface area contributed by atoms with Gasteiger partial charge in [0.25, 0.3) is 5.91 Å². The Bertz CT molecular complexity index is 1900. The zero-order chi connectivity index (χ0) is 35.9. The summed E-state index contributed by atoms with van der Waals surface area (Å²) in [7, 11) is 0. The highest BCUT2D eigenvalue weighted by molar-refractivity contribution is 9.11. The molecule has 11 heteroatoms. The third kappa shape index (κ3) is 6.40.